The van der Waals surface area contributed by atoms with Crippen molar-refractivity contribution in [1.82, 2.24) is 15.5 Å². The number of nitrogens with one attached hydrogen (secondary N) is 2. The standard InChI is InChI=1S/C22H39N5O6/c1-5-12(3)17(24)20(30)26-18(13(4)6-2)21(31)27-11-7-8-15(27)19(29)25-14(22(32)33)9-10-16(23)28/h12-15,17-18H,5-11,24H2,1-4H3,(H2,23,28)(H,25,29)(H,26,30)(H,32,33). The maximum absolute atomic E-state index is 13.4. The van der Waals surface area contributed by atoms with Gasteiger partial charge in [0.25, 0.3) is 0 Å². The summed E-state index contributed by atoms with van der Waals surface area (Å²) < 4.78 is 0. The molecule has 188 valence electrons. The van der Waals surface area contributed by atoms with Crippen LogP contribution in [0.5, 0.6) is 0 Å². The van der Waals surface area contributed by atoms with Gasteiger partial charge in [0.2, 0.25) is 23.6 Å². The van der Waals surface area contributed by atoms with Crippen molar-refractivity contribution in [3.8, 4) is 0 Å². The first kappa shape index (κ1) is 28.3. The van der Waals surface area contributed by atoms with Crippen molar-refractivity contribution >= 4 is 29.6 Å². The topological polar surface area (TPSA) is 185 Å². The molecule has 4 amide bonds. The van der Waals surface area contributed by atoms with Crippen LogP contribution >= 0.6 is 0 Å². The molecule has 11 heteroatoms. The van der Waals surface area contributed by atoms with Crippen LogP contribution in [0.3, 0.4) is 0 Å². The molecular weight excluding hydrogens is 430 g/mol. The summed E-state index contributed by atoms with van der Waals surface area (Å²) in [5, 5.41) is 14.5. The minimum absolute atomic E-state index is 0.0589. The lowest BCUT2D eigenvalue weighted by Gasteiger charge is -2.32. The highest BCUT2D eigenvalue weighted by Gasteiger charge is 2.40. The van der Waals surface area contributed by atoms with Crippen LogP contribution in [0.25, 0.3) is 0 Å². The highest BCUT2D eigenvalue weighted by molar-refractivity contribution is 5.94. The molecule has 1 fully saturated rings. The van der Waals surface area contributed by atoms with Crippen LogP contribution in [-0.2, 0) is 24.0 Å². The fourth-order valence-corrected chi connectivity index (χ4v) is 3.74. The molecule has 0 bridgehead atoms. The molecule has 1 aliphatic heterocycles. The van der Waals surface area contributed by atoms with Gasteiger partial charge in [0, 0.05) is 13.0 Å². The van der Waals surface area contributed by atoms with E-state index in [1.165, 1.54) is 4.90 Å². The third-order valence-corrected chi connectivity index (χ3v) is 6.47. The highest BCUT2D eigenvalue weighted by atomic mass is 16.4. The van der Waals surface area contributed by atoms with Crippen LogP contribution < -0.4 is 22.1 Å². The average Bonchev–Trinajstić information content (AvgIpc) is 3.27. The van der Waals surface area contributed by atoms with Crippen LogP contribution in [0.15, 0.2) is 0 Å². The number of nitrogens with two attached hydrogens (primary N) is 2. The Hall–Kier alpha value is -2.69. The van der Waals surface area contributed by atoms with E-state index in [-0.39, 0.29) is 24.7 Å². The van der Waals surface area contributed by atoms with Gasteiger partial charge in [-0.2, -0.15) is 0 Å². The van der Waals surface area contributed by atoms with Crippen molar-refractivity contribution in [2.45, 2.75) is 90.4 Å². The fourth-order valence-electron chi connectivity index (χ4n) is 3.74. The van der Waals surface area contributed by atoms with Crippen LogP contribution in [0.1, 0.15) is 66.2 Å². The molecule has 7 N–H and O–H groups in total. The molecule has 1 saturated heterocycles. The number of hydrogen-bond acceptors (Lipinski definition) is 6. The fraction of sp³-hybridized carbons (Fsp3) is 0.773. The number of amides is 4. The first-order valence-corrected chi connectivity index (χ1v) is 11.6. The number of likely N-dealkylation sites (tertiary alicyclic amines) is 1. The van der Waals surface area contributed by atoms with Gasteiger partial charge in [-0.3, -0.25) is 19.2 Å². The molecule has 1 rings (SSSR count). The summed E-state index contributed by atoms with van der Waals surface area (Å²) in [6.07, 6.45) is 1.93. The van der Waals surface area contributed by atoms with Crippen LogP contribution in [0.2, 0.25) is 0 Å². The van der Waals surface area contributed by atoms with Crippen molar-refractivity contribution in [3.05, 3.63) is 0 Å². The number of primary amides is 1. The summed E-state index contributed by atoms with van der Waals surface area (Å²) in [6, 6.07) is -3.76. The zero-order valence-electron chi connectivity index (χ0n) is 20.0. The minimum Gasteiger partial charge on any atom is -0.480 e. The molecule has 1 aliphatic rings. The normalized spacial score (nSPS) is 20.3. The van der Waals surface area contributed by atoms with Gasteiger partial charge in [0.1, 0.15) is 18.1 Å². The minimum atomic E-state index is -1.29. The van der Waals surface area contributed by atoms with Crippen LogP contribution in [-0.4, -0.2) is 70.3 Å². The lowest BCUT2D eigenvalue weighted by Crippen LogP contribution is -2.59. The SMILES string of the molecule is CCC(C)C(N)C(=O)NC(C(=O)N1CCCC1C(=O)NC(CCC(N)=O)C(=O)O)C(C)CC. The predicted octanol–water partition coefficient (Wildman–Crippen LogP) is -0.283. The van der Waals surface area contributed by atoms with Gasteiger partial charge in [-0.1, -0.05) is 40.5 Å². The van der Waals surface area contributed by atoms with Gasteiger partial charge < -0.3 is 32.1 Å². The summed E-state index contributed by atoms with van der Waals surface area (Å²) in [5.41, 5.74) is 11.1. The number of carboxylic acid groups (broad SMARTS) is 1. The van der Waals surface area contributed by atoms with E-state index >= 15 is 0 Å². The van der Waals surface area contributed by atoms with E-state index in [1.54, 1.807) is 0 Å². The Bertz CT molecular complexity index is 730. The molecule has 0 aliphatic carbocycles. The Morgan fingerprint density at radius 3 is 2.18 bits per heavy atom. The molecule has 33 heavy (non-hydrogen) atoms. The Morgan fingerprint density at radius 1 is 1.06 bits per heavy atom. The molecule has 0 saturated carbocycles. The van der Waals surface area contributed by atoms with Crippen molar-refractivity contribution in [1.29, 1.82) is 0 Å². The van der Waals surface area contributed by atoms with E-state index in [2.05, 4.69) is 10.6 Å². The molecule has 0 aromatic heterocycles. The molecule has 6 unspecified atom stereocenters. The Labute approximate surface area is 195 Å². The number of carboxylic acids is 1. The molecule has 0 radical (unpaired) electrons. The Kier molecular flexibility index (Phi) is 11.3. The zero-order chi connectivity index (χ0) is 25.3. The molecule has 0 aromatic carbocycles. The van der Waals surface area contributed by atoms with E-state index in [9.17, 15) is 29.1 Å². The number of nitrogens with zero attached hydrogens (tertiary/aromatic N) is 1. The van der Waals surface area contributed by atoms with Gasteiger partial charge in [-0.15, -0.1) is 0 Å². The van der Waals surface area contributed by atoms with Gasteiger partial charge in [0.05, 0.1) is 6.04 Å². The summed E-state index contributed by atoms with van der Waals surface area (Å²) in [7, 11) is 0. The number of hydrogen-bond donors (Lipinski definition) is 5. The van der Waals surface area contributed by atoms with E-state index in [0.29, 0.717) is 32.2 Å². The van der Waals surface area contributed by atoms with Gasteiger partial charge >= 0.3 is 5.97 Å². The molecule has 0 aromatic rings. The van der Waals surface area contributed by atoms with Crippen molar-refractivity contribution in [2.24, 2.45) is 23.3 Å². The summed E-state index contributed by atoms with van der Waals surface area (Å²) in [4.78, 5) is 62.8. The monoisotopic (exact) mass is 469 g/mol. The third-order valence-electron chi connectivity index (χ3n) is 6.47. The molecule has 11 nitrogen and oxygen atoms in total. The molecule has 0 spiro atoms. The average molecular weight is 470 g/mol. The van der Waals surface area contributed by atoms with Crippen LogP contribution in [0, 0.1) is 11.8 Å². The first-order valence-electron chi connectivity index (χ1n) is 11.6. The largest absolute Gasteiger partial charge is 0.480 e. The second-order valence-electron chi connectivity index (χ2n) is 8.88. The number of aliphatic carboxylic acids is 1. The Balaban J connectivity index is 2.98. The molecule has 6 atom stereocenters. The predicted molar refractivity (Wildman–Crippen MR) is 122 cm³/mol. The number of carbonyl (C=O) groups is 5. The smallest absolute Gasteiger partial charge is 0.326 e. The van der Waals surface area contributed by atoms with Gasteiger partial charge in [-0.05, 0) is 31.1 Å². The van der Waals surface area contributed by atoms with Gasteiger partial charge in [-0.25, -0.2) is 4.79 Å². The van der Waals surface area contributed by atoms with E-state index < -0.39 is 53.8 Å². The lowest BCUT2D eigenvalue weighted by atomic mass is 9.95. The molecule has 1 heterocycles. The first-order chi connectivity index (χ1) is 15.4. The zero-order valence-corrected chi connectivity index (χ0v) is 20.0. The lowest BCUT2D eigenvalue weighted by molar-refractivity contribution is -0.145. The quantitative estimate of drug-likeness (QED) is 0.245. The third kappa shape index (κ3) is 7.99. The van der Waals surface area contributed by atoms with E-state index in [4.69, 9.17) is 11.5 Å². The summed E-state index contributed by atoms with van der Waals surface area (Å²) in [5.74, 6) is -3.63. The van der Waals surface area contributed by atoms with Crippen LogP contribution in [0.4, 0.5) is 0 Å². The number of carbonyl (C=O) groups excluding carboxylic acids is 4. The Morgan fingerprint density at radius 2 is 1.67 bits per heavy atom. The van der Waals surface area contributed by atoms with Gasteiger partial charge in [0.15, 0.2) is 0 Å². The van der Waals surface area contributed by atoms with E-state index in [1.807, 2.05) is 27.7 Å². The maximum Gasteiger partial charge on any atom is 0.326 e. The second-order valence-corrected chi connectivity index (χ2v) is 8.88. The number of rotatable bonds is 13. The summed E-state index contributed by atoms with van der Waals surface area (Å²) >= 11 is 0. The van der Waals surface area contributed by atoms with E-state index in [0.717, 1.165) is 0 Å². The summed E-state index contributed by atoms with van der Waals surface area (Å²) in [6.45, 7) is 7.85. The molecular formula is C22H39N5O6. The van der Waals surface area contributed by atoms with Crippen molar-refractivity contribution in [3.63, 3.8) is 0 Å². The maximum atomic E-state index is 13.4. The highest BCUT2D eigenvalue weighted by Crippen LogP contribution is 2.22. The second kappa shape index (κ2) is 13.1. The van der Waals surface area contributed by atoms with Crippen molar-refractivity contribution in [2.75, 3.05) is 6.54 Å². The van der Waals surface area contributed by atoms with Crippen molar-refractivity contribution < 1.29 is 29.1 Å².